The van der Waals surface area contributed by atoms with Gasteiger partial charge in [0.05, 0.1) is 9.52 Å². The minimum absolute atomic E-state index is 0.126. The first-order valence-corrected chi connectivity index (χ1v) is 5.47. The molecule has 1 rings (SSSR count). The smallest absolute Gasteiger partial charge is 0.126 e. The Labute approximate surface area is 81.0 Å². The number of hydrogen-bond donors (Lipinski definition) is 1. The molecule has 2 radical (unpaired) electrons. The van der Waals surface area contributed by atoms with Crippen molar-refractivity contribution in [3.63, 3.8) is 0 Å². The van der Waals surface area contributed by atoms with Crippen molar-refractivity contribution in [3.05, 3.63) is 35.6 Å². The third-order valence-corrected chi connectivity index (χ3v) is 3.16. The second kappa shape index (κ2) is 4.02. The monoisotopic (exact) mass is 195 g/mol. The van der Waals surface area contributed by atoms with Crippen LogP contribution in [0.5, 0.6) is 0 Å². The van der Waals surface area contributed by atoms with Crippen molar-refractivity contribution in [1.82, 2.24) is 0 Å². The summed E-state index contributed by atoms with van der Waals surface area (Å²) < 4.78 is 13.1. The summed E-state index contributed by atoms with van der Waals surface area (Å²) in [5, 5.41) is -0.192. The van der Waals surface area contributed by atoms with E-state index in [1.807, 2.05) is 26.0 Å². The topological polar surface area (TPSA) is 26.0 Å². The molecule has 1 aromatic rings. The average molecular weight is 195 g/mol. The van der Waals surface area contributed by atoms with Gasteiger partial charge in [-0.2, -0.15) is 0 Å². The van der Waals surface area contributed by atoms with E-state index in [2.05, 4.69) is 0 Å². The van der Waals surface area contributed by atoms with E-state index in [9.17, 15) is 4.39 Å². The highest BCUT2D eigenvalue weighted by Gasteiger charge is 2.12. The van der Waals surface area contributed by atoms with Crippen LogP contribution in [0, 0.1) is 5.82 Å². The zero-order valence-corrected chi connectivity index (χ0v) is 8.97. The standard InChI is InChI=1S/C10H14FNSi/c1-10(2,12)13-7-8-5-3-4-6-9(8)11/h3-6H,7,12H2,1-2H3. The van der Waals surface area contributed by atoms with Crippen LogP contribution in [0.4, 0.5) is 4.39 Å². The first kappa shape index (κ1) is 10.4. The van der Waals surface area contributed by atoms with Crippen molar-refractivity contribution in [2.24, 2.45) is 5.73 Å². The maximum atomic E-state index is 13.1. The van der Waals surface area contributed by atoms with Crippen LogP contribution >= 0.6 is 0 Å². The summed E-state index contributed by atoms with van der Waals surface area (Å²) >= 11 is 0. The molecule has 0 aromatic heterocycles. The second-order valence-corrected chi connectivity index (χ2v) is 5.66. The first-order valence-electron chi connectivity index (χ1n) is 4.26. The molecule has 70 valence electrons. The Hall–Kier alpha value is -0.673. The number of rotatable bonds is 3. The molecule has 0 spiro atoms. The van der Waals surface area contributed by atoms with Crippen LogP contribution in [0.15, 0.2) is 24.3 Å². The minimum atomic E-state index is -0.192. The molecule has 0 atom stereocenters. The van der Waals surface area contributed by atoms with E-state index >= 15 is 0 Å². The van der Waals surface area contributed by atoms with Gasteiger partial charge in [0.25, 0.3) is 0 Å². The third kappa shape index (κ3) is 3.70. The van der Waals surface area contributed by atoms with Gasteiger partial charge >= 0.3 is 0 Å². The fourth-order valence-electron chi connectivity index (χ4n) is 0.965. The average Bonchev–Trinajstić information content (AvgIpc) is 2.01. The van der Waals surface area contributed by atoms with E-state index < -0.39 is 0 Å². The number of halogens is 1. The normalized spacial score (nSPS) is 11.7. The molecule has 0 aliphatic rings. The molecule has 0 fully saturated rings. The highest BCUT2D eigenvalue weighted by molar-refractivity contribution is 6.39. The third-order valence-electron chi connectivity index (χ3n) is 1.69. The van der Waals surface area contributed by atoms with Crippen LogP contribution in [-0.4, -0.2) is 14.7 Å². The highest BCUT2D eigenvalue weighted by Crippen LogP contribution is 2.08. The summed E-state index contributed by atoms with van der Waals surface area (Å²) in [6.07, 6.45) is 0. The number of hydrogen-bond acceptors (Lipinski definition) is 1. The first-order chi connectivity index (χ1) is 5.99. The molecule has 2 N–H and O–H groups in total. The molecule has 0 saturated heterocycles. The minimum Gasteiger partial charge on any atom is -0.329 e. The largest absolute Gasteiger partial charge is 0.329 e. The van der Waals surface area contributed by atoms with Gasteiger partial charge in [-0.15, -0.1) is 0 Å². The zero-order valence-electron chi connectivity index (χ0n) is 7.97. The quantitative estimate of drug-likeness (QED) is 0.730. The molecule has 1 nitrogen and oxygen atoms in total. The van der Waals surface area contributed by atoms with E-state index in [1.54, 1.807) is 6.07 Å². The van der Waals surface area contributed by atoms with Crippen molar-refractivity contribution in [3.8, 4) is 0 Å². The fraction of sp³-hybridized carbons (Fsp3) is 0.400. The van der Waals surface area contributed by atoms with Gasteiger partial charge in [-0.05, 0) is 22.8 Å². The van der Waals surface area contributed by atoms with E-state index in [0.29, 0.717) is 9.52 Å². The van der Waals surface area contributed by atoms with Crippen molar-refractivity contribution in [2.75, 3.05) is 0 Å². The molecular formula is C10H14FNSi. The molecule has 0 saturated carbocycles. The Kier molecular flexibility index (Phi) is 3.22. The lowest BCUT2D eigenvalue weighted by Crippen LogP contribution is -2.40. The molecule has 0 aliphatic carbocycles. The van der Waals surface area contributed by atoms with Crippen molar-refractivity contribution in [1.29, 1.82) is 0 Å². The van der Waals surface area contributed by atoms with Crippen molar-refractivity contribution >= 4 is 9.52 Å². The van der Waals surface area contributed by atoms with Crippen molar-refractivity contribution < 1.29 is 4.39 Å². The molecule has 0 amide bonds. The Balaban J connectivity index is 2.60. The van der Waals surface area contributed by atoms with Crippen LogP contribution in [0.2, 0.25) is 0 Å². The molecule has 13 heavy (non-hydrogen) atoms. The van der Waals surface area contributed by atoms with E-state index in [-0.39, 0.29) is 11.0 Å². The lowest BCUT2D eigenvalue weighted by atomic mass is 10.2. The van der Waals surface area contributed by atoms with Gasteiger partial charge in [-0.3, -0.25) is 0 Å². The SMILES string of the molecule is CC(C)(N)[Si]Cc1ccccc1F. The number of benzene rings is 1. The van der Waals surface area contributed by atoms with E-state index in [1.165, 1.54) is 6.07 Å². The summed E-state index contributed by atoms with van der Waals surface area (Å²) in [6, 6.07) is 7.59. The Bertz CT molecular complexity index is 280. The molecule has 1 aromatic carbocycles. The lowest BCUT2D eigenvalue weighted by molar-refractivity contribution is 0.615. The summed E-state index contributed by atoms with van der Waals surface area (Å²) in [5.74, 6) is -0.126. The Morgan fingerprint density at radius 3 is 2.54 bits per heavy atom. The van der Waals surface area contributed by atoms with Crippen LogP contribution < -0.4 is 5.73 Å². The van der Waals surface area contributed by atoms with Gasteiger partial charge in [0, 0.05) is 0 Å². The summed E-state index contributed by atoms with van der Waals surface area (Å²) in [5.41, 5.74) is 6.59. The molecule has 3 heteroatoms. The predicted molar refractivity (Wildman–Crippen MR) is 54.1 cm³/mol. The maximum absolute atomic E-state index is 13.1. The Morgan fingerprint density at radius 1 is 1.38 bits per heavy atom. The second-order valence-electron chi connectivity index (χ2n) is 3.67. The van der Waals surface area contributed by atoms with E-state index in [4.69, 9.17) is 5.73 Å². The Morgan fingerprint density at radius 2 is 2.00 bits per heavy atom. The van der Waals surface area contributed by atoms with Crippen LogP contribution in [-0.2, 0) is 6.04 Å². The van der Waals surface area contributed by atoms with Crippen molar-refractivity contribution in [2.45, 2.75) is 25.1 Å². The predicted octanol–water partition coefficient (Wildman–Crippen LogP) is 1.72. The fourth-order valence-corrected chi connectivity index (χ4v) is 1.90. The van der Waals surface area contributed by atoms with Gasteiger partial charge in [-0.25, -0.2) is 4.39 Å². The number of nitrogens with two attached hydrogens (primary N) is 1. The maximum Gasteiger partial charge on any atom is 0.126 e. The zero-order chi connectivity index (χ0) is 9.90. The van der Waals surface area contributed by atoms with Gasteiger partial charge in [0.15, 0.2) is 0 Å². The van der Waals surface area contributed by atoms with Crippen LogP contribution in [0.3, 0.4) is 0 Å². The molecule has 0 unspecified atom stereocenters. The molecule has 0 aliphatic heterocycles. The lowest BCUT2D eigenvalue weighted by Gasteiger charge is -2.16. The van der Waals surface area contributed by atoms with Gasteiger partial charge < -0.3 is 5.73 Å². The summed E-state index contributed by atoms with van der Waals surface area (Å²) in [4.78, 5) is 0. The molecular weight excluding hydrogens is 181 g/mol. The van der Waals surface area contributed by atoms with Gasteiger partial charge in [0.2, 0.25) is 0 Å². The summed E-state index contributed by atoms with van der Waals surface area (Å²) in [7, 11) is 0.553. The van der Waals surface area contributed by atoms with Crippen LogP contribution in [0.25, 0.3) is 0 Å². The molecule has 0 heterocycles. The summed E-state index contributed by atoms with van der Waals surface area (Å²) in [6.45, 7) is 3.93. The van der Waals surface area contributed by atoms with Gasteiger partial charge in [0.1, 0.15) is 5.82 Å². The van der Waals surface area contributed by atoms with E-state index in [0.717, 1.165) is 11.6 Å². The van der Waals surface area contributed by atoms with Gasteiger partial charge in [-0.1, -0.05) is 32.0 Å². The molecule has 0 bridgehead atoms. The van der Waals surface area contributed by atoms with Crippen LogP contribution in [0.1, 0.15) is 19.4 Å². The highest BCUT2D eigenvalue weighted by atomic mass is 28.2.